The van der Waals surface area contributed by atoms with E-state index in [2.05, 4.69) is 35.6 Å². The normalized spacial score (nSPS) is 37.4. The van der Waals surface area contributed by atoms with Gasteiger partial charge in [0, 0.05) is 4.47 Å². The molecule has 0 spiro atoms. The van der Waals surface area contributed by atoms with Crippen molar-refractivity contribution in [2.75, 3.05) is 0 Å². The van der Waals surface area contributed by atoms with E-state index in [1.54, 1.807) is 24.3 Å². The zero-order chi connectivity index (χ0) is 18.0. The van der Waals surface area contributed by atoms with E-state index in [0.29, 0.717) is 16.9 Å². The summed E-state index contributed by atoms with van der Waals surface area (Å²) in [6.45, 7) is 7.48. The van der Waals surface area contributed by atoms with Gasteiger partial charge in [0.15, 0.2) is 0 Å². The predicted molar refractivity (Wildman–Crippen MR) is 106 cm³/mol. The highest BCUT2D eigenvalue weighted by molar-refractivity contribution is 9.10. The Kier molecular flexibility index (Phi) is 4.30. The van der Waals surface area contributed by atoms with Crippen molar-refractivity contribution in [1.82, 2.24) is 0 Å². The highest BCUT2D eigenvalue weighted by atomic mass is 79.9. The zero-order valence-electron chi connectivity index (χ0n) is 15.2. The van der Waals surface area contributed by atoms with Crippen molar-refractivity contribution in [1.29, 1.82) is 0 Å². The average molecular weight is 443 g/mol. The van der Waals surface area contributed by atoms with Crippen LogP contribution in [0.1, 0.15) is 32.1 Å². The van der Waals surface area contributed by atoms with Gasteiger partial charge in [0.2, 0.25) is 0 Å². The fourth-order valence-electron chi connectivity index (χ4n) is 5.86. The van der Waals surface area contributed by atoms with Gasteiger partial charge in [0.25, 0.3) is 10.1 Å². The van der Waals surface area contributed by atoms with Gasteiger partial charge in [-0.15, -0.1) is 0 Å². The molecule has 1 aromatic carbocycles. The van der Waals surface area contributed by atoms with Gasteiger partial charge in [0.1, 0.15) is 0 Å². The lowest BCUT2D eigenvalue weighted by atomic mass is 9.54. The standard InChI is InChI=1S/C19H27BrO3SSi/c1-25(2,3)19-10-13-8-14(11-19)18(15(9-13)12-19)23-24(21,22)17-6-4-16(20)5-7-17/h4-7,13-15,18H,8-12H2,1-3H3/t13?,14-,15+,18?,19?. The smallest absolute Gasteiger partial charge is 0.262 e. The van der Waals surface area contributed by atoms with Crippen LogP contribution in [0.25, 0.3) is 0 Å². The van der Waals surface area contributed by atoms with Crippen LogP contribution in [0, 0.1) is 17.8 Å². The first-order chi connectivity index (χ1) is 11.6. The van der Waals surface area contributed by atoms with E-state index in [1.807, 2.05) is 0 Å². The molecule has 4 bridgehead atoms. The Hall–Kier alpha value is -0.173. The van der Waals surface area contributed by atoms with E-state index in [1.165, 1.54) is 19.3 Å². The van der Waals surface area contributed by atoms with Crippen molar-refractivity contribution in [3.8, 4) is 0 Å². The number of hydrogen-bond donors (Lipinski definition) is 0. The molecule has 0 aliphatic heterocycles. The Morgan fingerprint density at radius 3 is 2.12 bits per heavy atom. The maximum atomic E-state index is 12.8. The van der Waals surface area contributed by atoms with E-state index in [-0.39, 0.29) is 11.0 Å². The van der Waals surface area contributed by atoms with Crippen molar-refractivity contribution < 1.29 is 12.6 Å². The van der Waals surface area contributed by atoms with Gasteiger partial charge in [-0.2, -0.15) is 8.42 Å². The Balaban J connectivity index is 1.58. The largest absolute Gasteiger partial charge is 0.297 e. The quantitative estimate of drug-likeness (QED) is 0.460. The van der Waals surface area contributed by atoms with Crippen LogP contribution in [0.2, 0.25) is 24.7 Å². The van der Waals surface area contributed by atoms with Crippen LogP contribution in [-0.2, 0) is 14.3 Å². The van der Waals surface area contributed by atoms with Crippen LogP contribution >= 0.6 is 15.9 Å². The van der Waals surface area contributed by atoms with Crippen molar-refractivity contribution >= 4 is 34.1 Å². The molecule has 138 valence electrons. The lowest BCUT2D eigenvalue weighted by Crippen LogP contribution is -2.58. The van der Waals surface area contributed by atoms with Crippen LogP contribution in [-0.4, -0.2) is 22.6 Å². The third-order valence-electron chi connectivity index (χ3n) is 7.12. The fourth-order valence-corrected chi connectivity index (χ4v) is 9.96. The van der Waals surface area contributed by atoms with Gasteiger partial charge in [-0.05, 0) is 79.2 Å². The second-order valence-corrected chi connectivity index (χ2v) is 17.5. The summed E-state index contributed by atoms with van der Waals surface area (Å²) >= 11 is 3.35. The SMILES string of the molecule is C[Si](C)(C)C12CC3C[C@H](C1)C(OS(=O)(=O)c1ccc(Br)cc1)[C@@H](C3)C2. The molecule has 4 saturated carbocycles. The molecule has 0 amide bonds. The molecule has 6 heteroatoms. The highest BCUT2D eigenvalue weighted by Crippen LogP contribution is 2.68. The van der Waals surface area contributed by atoms with Gasteiger partial charge in [-0.1, -0.05) is 35.6 Å². The monoisotopic (exact) mass is 442 g/mol. The Labute approximate surface area is 160 Å². The average Bonchev–Trinajstić information content (AvgIpc) is 2.49. The minimum absolute atomic E-state index is 0.116. The maximum absolute atomic E-state index is 12.8. The summed E-state index contributed by atoms with van der Waals surface area (Å²) in [5.74, 6) is 1.63. The summed E-state index contributed by atoms with van der Waals surface area (Å²) in [7, 11) is -4.96. The van der Waals surface area contributed by atoms with Crippen LogP contribution in [0.5, 0.6) is 0 Å². The summed E-state index contributed by atoms with van der Waals surface area (Å²) in [5, 5.41) is 0.505. The van der Waals surface area contributed by atoms with Crippen LogP contribution in [0.3, 0.4) is 0 Å². The van der Waals surface area contributed by atoms with E-state index >= 15 is 0 Å². The van der Waals surface area contributed by atoms with Crippen molar-refractivity contribution in [3.63, 3.8) is 0 Å². The first-order valence-corrected chi connectivity index (χ1v) is 15.0. The van der Waals surface area contributed by atoms with Crippen molar-refractivity contribution in [2.24, 2.45) is 17.8 Å². The summed E-state index contributed by atoms with van der Waals surface area (Å²) in [5.41, 5.74) is 0. The van der Waals surface area contributed by atoms with Gasteiger partial charge in [-0.3, -0.25) is 4.18 Å². The number of hydrogen-bond acceptors (Lipinski definition) is 3. The molecule has 4 aliphatic carbocycles. The van der Waals surface area contributed by atoms with Gasteiger partial charge < -0.3 is 0 Å². The summed E-state index contributed by atoms with van der Waals surface area (Å²) < 4.78 is 32.3. The van der Waals surface area contributed by atoms with Gasteiger partial charge in [-0.25, -0.2) is 0 Å². The molecule has 0 radical (unpaired) electrons. The molecule has 25 heavy (non-hydrogen) atoms. The number of benzene rings is 1. The highest BCUT2D eigenvalue weighted by Gasteiger charge is 2.60. The second kappa shape index (κ2) is 5.91. The molecule has 1 aromatic rings. The van der Waals surface area contributed by atoms with Crippen LogP contribution in [0.15, 0.2) is 33.6 Å². The molecular weight excluding hydrogens is 416 g/mol. The third-order valence-corrected chi connectivity index (χ3v) is 12.8. The molecule has 3 unspecified atom stereocenters. The second-order valence-electron chi connectivity index (χ2n) is 9.47. The molecule has 5 atom stereocenters. The molecule has 4 aliphatic rings. The lowest BCUT2D eigenvalue weighted by molar-refractivity contribution is -0.0726. The molecular formula is C19H27BrO3SSi. The minimum atomic E-state index is -3.69. The molecule has 5 rings (SSSR count). The molecule has 0 heterocycles. The molecule has 3 nitrogen and oxygen atoms in total. The maximum Gasteiger partial charge on any atom is 0.297 e. The predicted octanol–water partition coefficient (Wildman–Crippen LogP) is 5.44. The first kappa shape index (κ1) is 18.2. The van der Waals surface area contributed by atoms with E-state index in [0.717, 1.165) is 23.2 Å². The summed E-state index contributed by atoms with van der Waals surface area (Å²) in [6, 6.07) is 6.76. The minimum Gasteiger partial charge on any atom is -0.262 e. The van der Waals surface area contributed by atoms with Crippen LogP contribution in [0.4, 0.5) is 0 Å². The van der Waals surface area contributed by atoms with E-state index in [4.69, 9.17) is 4.18 Å². The third kappa shape index (κ3) is 3.07. The molecule has 0 aromatic heterocycles. The van der Waals surface area contributed by atoms with Crippen LogP contribution < -0.4 is 0 Å². The van der Waals surface area contributed by atoms with Crippen molar-refractivity contribution in [3.05, 3.63) is 28.7 Å². The number of rotatable bonds is 4. The Morgan fingerprint density at radius 1 is 1.04 bits per heavy atom. The van der Waals surface area contributed by atoms with Gasteiger partial charge >= 0.3 is 0 Å². The Morgan fingerprint density at radius 2 is 1.60 bits per heavy atom. The van der Waals surface area contributed by atoms with Crippen molar-refractivity contribution in [2.45, 2.75) is 67.8 Å². The summed E-state index contributed by atoms with van der Waals surface area (Å²) in [4.78, 5) is 0.268. The number of halogens is 1. The Bertz CT molecular complexity index is 753. The fraction of sp³-hybridized carbons (Fsp3) is 0.684. The molecule has 4 fully saturated rings. The lowest BCUT2D eigenvalue weighted by Gasteiger charge is -2.63. The van der Waals surface area contributed by atoms with E-state index in [9.17, 15) is 8.42 Å². The van der Waals surface area contributed by atoms with E-state index < -0.39 is 18.2 Å². The van der Waals surface area contributed by atoms with Gasteiger partial charge in [0.05, 0.1) is 19.1 Å². The molecule has 0 N–H and O–H groups in total. The summed E-state index contributed by atoms with van der Waals surface area (Å²) in [6.07, 6.45) is 5.93. The first-order valence-electron chi connectivity index (χ1n) is 9.29. The zero-order valence-corrected chi connectivity index (χ0v) is 18.6. The molecule has 0 saturated heterocycles. The topological polar surface area (TPSA) is 43.4 Å².